The fourth-order valence-corrected chi connectivity index (χ4v) is 3.43. The molecule has 1 heterocycles. The summed E-state index contributed by atoms with van der Waals surface area (Å²) in [5.74, 6) is -0.695. The van der Waals surface area contributed by atoms with Gasteiger partial charge in [0.05, 0.1) is 12.3 Å². The van der Waals surface area contributed by atoms with Crippen molar-refractivity contribution in [3.63, 3.8) is 0 Å². The molecule has 0 saturated carbocycles. The lowest BCUT2D eigenvalue weighted by Crippen LogP contribution is -2.26. The highest BCUT2D eigenvalue weighted by molar-refractivity contribution is 7.89. The van der Waals surface area contributed by atoms with Crippen LogP contribution in [0.4, 0.5) is 0 Å². The van der Waals surface area contributed by atoms with Crippen molar-refractivity contribution in [3.05, 3.63) is 46.6 Å². The molecular formula is C16H21N3O4S. The van der Waals surface area contributed by atoms with Gasteiger partial charge in [-0.05, 0) is 25.8 Å². The number of aromatic amines is 1. The van der Waals surface area contributed by atoms with Gasteiger partial charge in [-0.25, -0.2) is 17.9 Å². The van der Waals surface area contributed by atoms with Gasteiger partial charge in [-0.15, -0.1) is 0 Å². The van der Waals surface area contributed by atoms with E-state index in [1.807, 2.05) is 31.2 Å². The summed E-state index contributed by atoms with van der Waals surface area (Å²) in [6.45, 7) is 5.66. The highest BCUT2D eigenvalue weighted by atomic mass is 32.2. The van der Waals surface area contributed by atoms with Gasteiger partial charge < -0.3 is 4.74 Å². The number of benzene rings is 1. The van der Waals surface area contributed by atoms with Crippen molar-refractivity contribution in [3.8, 4) is 0 Å². The smallest absolute Gasteiger partial charge is 0.343 e. The molecule has 0 spiro atoms. The Hall–Kier alpha value is -2.19. The average Bonchev–Trinajstić information content (AvgIpc) is 2.98. The molecule has 0 aliphatic rings. The quantitative estimate of drug-likeness (QED) is 0.742. The Labute approximate surface area is 141 Å². The Morgan fingerprint density at radius 3 is 2.71 bits per heavy atom. The minimum atomic E-state index is -3.95. The number of hydrogen-bond donors (Lipinski definition) is 2. The Kier molecular flexibility index (Phi) is 5.74. The van der Waals surface area contributed by atoms with E-state index in [0.717, 1.165) is 11.1 Å². The summed E-state index contributed by atoms with van der Waals surface area (Å²) >= 11 is 0. The first kappa shape index (κ1) is 18.2. The molecule has 0 fully saturated rings. The molecule has 1 aromatic carbocycles. The molecule has 1 aromatic heterocycles. The molecule has 2 N–H and O–H groups in total. The first-order chi connectivity index (χ1) is 11.4. The van der Waals surface area contributed by atoms with Crippen LogP contribution < -0.4 is 4.72 Å². The van der Waals surface area contributed by atoms with Crippen molar-refractivity contribution >= 4 is 16.0 Å². The van der Waals surface area contributed by atoms with Gasteiger partial charge in [0.2, 0.25) is 5.03 Å². The Morgan fingerprint density at radius 1 is 1.33 bits per heavy atom. The third kappa shape index (κ3) is 4.01. The van der Waals surface area contributed by atoms with Crippen molar-refractivity contribution in [1.29, 1.82) is 0 Å². The summed E-state index contributed by atoms with van der Waals surface area (Å²) in [4.78, 5) is 12.1. The van der Waals surface area contributed by atoms with Gasteiger partial charge in [0.1, 0.15) is 5.56 Å². The van der Waals surface area contributed by atoms with Crippen LogP contribution in [0.1, 0.15) is 41.0 Å². The van der Waals surface area contributed by atoms with Crippen LogP contribution >= 0.6 is 0 Å². The van der Waals surface area contributed by atoms with E-state index in [0.29, 0.717) is 12.1 Å². The number of carbonyl (C=O) groups excluding carboxylic acids is 1. The lowest BCUT2D eigenvalue weighted by molar-refractivity contribution is 0.0520. The predicted octanol–water partition coefficient (Wildman–Crippen LogP) is 1.94. The number of rotatable bonds is 7. The van der Waals surface area contributed by atoms with Gasteiger partial charge >= 0.3 is 5.97 Å². The molecular weight excluding hydrogens is 330 g/mol. The molecule has 0 aliphatic heterocycles. The van der Waals surface area contributed by atoms with Gasteiger partial charge in [0.25, 0.3) is 10.0 Å². The van der Waals surface area contributed by atoms with E-state index in [1.54, 1.807) is 13.8 Å². The average molecular weight is 351 g/mol. The van der Waals surface area contributed by atoms with E-state index in [4.69, 9.17) is 4.74 Å². The summed E-state index contributed by atoms with van der Waals surface area (Å²) in [6.07, 6.45) is 0.439. The highest BCUT2D eigenvalue weighted by Gasteiger charge is 2.29. The normalized spacial score (nSPS) is 11.5. The van der Waals surface area contributed by atoms with Crippen LogP contribution in [0.2, 0.25) is 0 Å². The minimum Gasteiger partial charge on any atom is -0.462 e. The van der Waals surface area contributed by atoms with Crippen molar-refractivity contribution in [2.75, 3.05) is 6.61 Å². The molecule has 24 heavy (non-hydrogen) atoms. The third-order valence-corrected chi connectivity index (χ3v) is 4.77. The highest BCUT2D eigenvalue weighted by Crippen LogP contribution is 2.19. The Balaban J connectivity index is 2.29. The lowest BCUT2D eigenvalue weighted by Gasteiger charge is -2.08. The molecule has 0 atom stereocenters. The van der Waals surface area contributed by atoms with Crippen LogP contribution in [0.3, 0.4) is 0 Å². The van der Waals surface area contributed by atoms with E-state index in [1.165, 1.54) is 0 Å². The summed E-state index contributed by atoms with van der Waals surface area (Å²) in [6, 6.07) is 7.49. The van der Waals surface area contributed by atoms with Gasteiger partial charge in [-0.2, -0.15) is 5.10 Å². The van der Waals surface area contributed by atoms with Crippen molar-refractivity contribution < 1.29 is 17.9 Å². The fraction of sp³-hybridized carbons (Fsp3) is 0.375. The van der Waals surface area contributed by atoms with Crippen LogP contribution in [-0.2, 0) is 27.7 Å². The molecule has 0 radical (unpaired) electrons. The molecule has 130 valence electrons. The lowest BCUT2D eigenvalue weighted by atomic mass is 10.1. The molecule has 8 heteroatoms. The van der Waals surface area contributed by atoms with Gasteiger partial charge in [0.15, 0.2) is 0 Å². The largest absolute Gasteiger partial charge is 0.462 e. The summed E-state index contributed by atoms with van der Waals surface area (Å²) in [5.41, 5.74) is 2.26. The first-order valence-corrected chi connectivity index (χ1v) is 9.17. The van der Waals surface area contributed by atoms with Gasteiger partial charge in [0, 0.05) is 6.54 Å². The number of esters is 1. The van der Waals surface area contributed by atoms with Gasteiger partial charge in [-0.3, -0.25) is 5.10 Å². The van der Waals surface area contributed by atoms with Crippen molar-refractivity contribution in [2.45, 2.75) is 38.8 Å². The number of nitrogens with one attached hydrogen (secondary N) is 2. The number of aromatic nitrogens is 2. The summed E-state index contributed by atoms with van der Waals surface area (Å²) < 4.78 is 32.5. The number of nitrogens with zero attached hydrogens (tertiary/aromatic N) is 1. The molecule has 7 nitrogen and oxygen atoms in total. The third-order valence-electron chi connectivity index (χ3n) is 3.44. The second-order valence-electron chi connectivity index (χ2n) is 5.27. The zero-order chi connectivity index (χ0) is 17.7. The Bertz CT molecular complexity index is 828. The molecule has 0 aliphatic carbocycles. The van der Waals surface area contributed by atoms with E-state index < -0.39 is 16.0 Å². The SMILES string of the molecule is CCOC(=O)c1c(S(=O)(=O)NCc2cccc(C)c2)n[nH]c1CC. The molecule has 2 aromatic rings. The van der Waals surface area contributed by atoms with E-state index in [2.05, 4.69) is 14.9 Å². The van der Waals surface area contributed by atoms with Crippen LogP contribution in [0.5, 0.6) is 0 Å². The zero-order valence-corrected chi connectivity index (χ0v) is 14.7. The molecule has 0 bridgehead atoms. The zero-order valence-electron chi connectivity index (χ0n) is 13.9. The number of aryl methyl sites for hydroxylation is 2. The molecule has 0 unspecified atom stereocenters. The maximum absolute atomic E-state index is 12.5. The van der Waals surface area contributed by atoms with Crippen LogP contribution in [0, 0.1) is 6.92 Å². The number of hydrogen-bond acceptors (Lipinski definition) is 5. The monoisotopic (exact) mass is 351 g/mol. The molecule has 0 saturated heterocycles. The number of ether oxygens (including phenoxy) is 1. The maximum Gasteiger partial charge on any atom is 0.343 e. The van der Waals surface area contributed by atoms with Crippen LogP contribution in [-0.4, -0.2) is 31.2 Å². The number of carbonyl (C=O) groups is 1. The topological polar surface area (TPSA) is 101 Å². The maximum atomic E-state index is 12.5. The number of sulfonamides is 1. The van der Waals surface area contributed by atoms with Crippen LogP contribution in [0.25, 0.3) is 0 Å². The number of H-pyrrole nitrogens is 1. The second-order valence-corrected chi connectivity index (χ2v) is 6.95. The summed E-state index contributed by atoms with van der Waals surface area (Å²) in [5, 5.41) is 6.09. The van der Waals surface area contributed by atoms with Gasteiger partial charge in [-0.1, -0.05) is 36.8 Å². The van der Waals surface area contributed by atoms with E-state index >= 15 is 0 Å². The first-order valence-electron chi connectivity index (χ1n) is 7.68. The van der Waals surface area contributed by atoms with Crippen LogP contribution in [0.15, 0.2) is 29.3 Å². The standard InChI is InChI=1S/C16H21N3O4S/c1-4-13-14(16(20)23-5-2)15(19-18-13)24(21,22)17-10-12-8-6-7-11(3)9-12/h6-9,17H,4-5,10H2,1-3H3,(H,18,19). The second kappa shape index (κ2) is 7.59. The summed E-state index contributed by atoms with van der Waals surface area (Å²) in [7, 11) is -3.95. The minimum absolute atomic E-state index is 0.0314. The molecule has 2 rings (SSSR count). The molecule has 0 amide bonds. The Morgan fingerprint density at radius 2 is 2.08 bits per heavy atom. The van der Waals surface area contributed by atoms with Crippen molar-refractivity contribution in [1.82, 2.24) is 14.9 Å². The van der Waals surface area contributed by atoms with E-state index in [-0.39, 0.29) is 23.7 Å². The van der Waals surface area contributed by atoms with Crippen molar-refractivity contribution in [2.24, 2.45) is 0 Å². The van der Waals surface area contributed by atoms with E-state index in [9.17, 15) is 13.2 Å². The predicted molar refractivity (Wildman–Crippen MR) is 89.1 cm³/mol. The fourth-order valence-electron chi connectivity index (χ4n) is 2.29.